The molecule has 3 heterocycles. The zero-order valence-corrected chi connectivity index (χ0v) is 22.0. The number of primary amides is 1. The molecule has 10 heteroatoms. The summed E-state index contributed by atoms with van der Waals surface area (Å²) in [5.41, 5.74) is 7.13. The summed E-state index contributed by atoms with van der Waals surface area (Å²) in [4.78, 5) is 43.9. The summed E-state index contributed by atoms with van der Waals surface area (Å²) in [7, 11) is 0. The smallest absolute Gasteiger partial charge is 0.253 e. The average molecular weight is 552 g/mol. The molecule has 1 aromatic heterocycles. The number of benzene rings is 2. The van der Waals surface area contributed by atoms with Crippen molar-refractivity contribution in [3.63, 3.8) is 0 Å². The molecule has 0 aliphatic carbocycles. The minimum absolute atomic E-state index is 0.0371. The molecule has 3 amide bonds. The topological polar surface area (TPSA) is 117 Å². The first-order valence-electron chi connectivity index (χ1n) is 12.5. The lowest BCUT2D eigenvalue weighted by molar-refractivity contribution is 0.0923. The van der Waals surface area contributed by atoms with Crippen LogP contribution in [0.25, 0.3) is 0 Å². The van der Waals surface area contributed by atoms with Crippen LogP contribution in [0.3, 0.4) is 0 Å². The van der Waals surface area contributed by atoms with E-state index in [0.29, 0.717) is 12.1 Å². The van der Waals surface area contributed by atoms with Crippen LogP contribution in [0.5, 0.6) is 0 Å². The van der Waals surface area contributed by atoms with Crippen LogP contribution >= 0.6 is 23.2 Å². The predicted molar refractivity (Wildman–Crippen MR) is 147 cm³/mol. The molecular formula is C28H27Cl2N5O3. The van der Waals surface area contributed by atoms with Crippen LogP contribution < -0.4 is 21.3 Å². The molecule has 2 aliphatic heterocycles. The summed E-state index contributed by atoms with van der Waals surface area (Å²) >= 11 is 12.4. The highest BCUT2D eigenvalue weighted by molar-refractivity contribution is 6.38. The van der Waals surface area contributed by atoms with Gasteiger partial charge in [0.2, 0.25) is 5.91 Å². The lowest BCUT2D eigenvalue weighted by Gasteiger charge is -2.40. The fraction of sp³-hybridized carbons (Fsp3) is 0.286. The van der Waals surface area contributed by atoms with Crippen molar-refractivity contribution in [3.05, 3.63) is 93.1 Å². The second-order valence-electron chi connectivity index (χ2n) is 9.68. The number of fused-ring (bicyclic) bond motifs is 2. The molecule has 196 valence electrons. The van der Waals surface area contributed by atoms with Crippen molar-refractivity contribution in [3.8, 4) is 0 Å². The number of carbonyl (C=O) groups is 3. The van der Waals surface area contributed by atoms with Crippen molar-refractivity contribution < 1.29 is 14.4 Å². The maximum atomic E-state index is 13.0. The molecule has 2 bridgehead atoms. The second-order valence-corrected chi connectivity index (χ2v) is 10.5. The summed E-state index contributed by atoms with van der Waals surface area (Å²) in [6.45, 7) is 0.456. The Bertz CT molecular complexity index is 1350. The van der Waals surface area contributed by atoms with E-state index in [9.17, 15) is 14.4 Å². The summed E-state index contributed by atoms with van der Waals surface area (Å²) in [6, 6.07) is 16.6. The largest absolute Gasteiger partial charge is 0.366 e. The van der Waals surface area contributed by atoms with Gasteiger partial charge in [-0.3, -0.25) is 14.4 Å². The van der Waals surface area contributed by atoms with Gasteiger partial charge < -0.3 is 21.3 Å². The number of rotatable bonds is 7. The molecule has 38 heavy (non-hydrogen) atoms. The minimum Gasteiger partial charge on any atom is -0.366 e. The van der Waals surface area contributed by atoms with Gasteiger partial charge in [0.05, 0.1) is 26.7 Å². The fourth-order valence-corrected chi connectivity index (χ4v) is 5.90. The molecule has 3 aromatic rings. The van der Waals surface area contributed by atoms with Crippen molar-refractivity contribution in [2.45, 2.75) is 50.4 Å². The highest BCUT2D eigenvalue weighted by atomic mass is 35.5. The number of anilines is 1. The minimum atomic E-state index is -0.706. The van der Waals surface area contributed by atoms with Crippen molar-refractivity contribution in [1.82, 2.24) is 15.6 Å². The number of pyridine rings is 1. The van der Waals surface area contributed by atoms with Crippen LogP contribution in [0.15, 0.2) is 60.8 Å². The quantitative estimate of drug-likeness (QED) is 0.403. The fourth-order valence-electron chi connectivity index (χ4n) is 5.40. The summed E-state index contributed by atoms with van der Waals surface area (Å²) < 4.78 is 0. The summed E-state index contributed by atoms with van der Waals surface area (Å²) in [6.07, 6.45) is 5.13. The molecule has 3 atom stereocenters. The first-order valence-corrected chi connectivity index (χ1v) is 13.2. The Kier molecular flexibility index (Phi) is 7.53. The molecule has 5 rings (SSSR count). The predicted octanol–water partition coefficient (Wildman–Crippen LogP) is 4.35. The summed E-state index contributed by atoms with van der Waals surface area (Å²) in [5.74, 6) is -0.379. The van der Waals surface area contributed by atoms with E-state index < -0.39 is 5.91 Å². The Morgan fingerprint density at radius 3 is 2.21 bits per heavy atom. The van der Waals surface area contributed by atoms with E-state index in [1.54, 1.807) is 12.3 Å². The monoisotopic (exact) mass is 551 g/mol. The Morgan fingerprint density at radius 1 is 0.921 bits per heavy atom. The molecule has 0 unspecified atom stereocenters. The maximum Gasteiger partial charge on any atom is 0.253 e. The number of hydrogen-bond acceptors (Lipinski definition) is 5. The second kappa shape index (κ2) is 11.0. The lowest BCUT2D eigenvalue weighted by Crippen LogP contribution is -2.50. The number of nitrogens with zero attached hydrogens (tertiary/aromatic N) is 2. The number of halogens is 2. The van der Waals surface area contributed by atoms with Crippen LogP contribution in [0, 0.1) is 0 Å². The third-order valence-electron chi connectivity index (χ3n) is 7.21. The molecule has 0 spiro atoms. The molecule has 8 nitrogen and oxygen atoms in total. The van der Waals surface area contributed by atoms with Crippen molar-refractivity contribution in [2.24, 2.45) is 5.73 Å². The van der Waals surface area contributed by atoms with Crippen molar-refractivity contribution in [1.29, 1.82) is 0 Å². The third kappa shape index (κ3) is 5.47. The standard InChI is InChI=1S/C28H27Cl2N5O3/c29-23-13-22(24(30)12-21(23)26(31)36)28(38)34-18-10-19-7-8-20(11-18)35(19)25-9-6-17(15-32-25)27(37)33-14-16-4-2-1-3-5-16/h1-6,9,12-13,15,18-20H,7-8,10-11,14H2,(H2,31,36)(H,33,37)(H,34,38)/t18-,19+,20-. The van der Waals surface area contributed by atoms with Gasteiger partial charge in [-0.1, -0.05) is 53.5 Å². The Morgan fingerprint density at radius 2 is 1.58 bits per heavy atom. The Hall–Kier alpha value is -3.62. The molecule has 2 fully saturated rings. The van der Waals surface area contributed by atoms with Crippen LogP contribution in [0.1, 0.15) is 62.3 Å². The zero-order valence-electron chi connectivity index (χ0n) is 20.5. The van der Waals surface area contributed by atoms with Crippen molar-refractivity contribution >= 4 is 46.7 Å². The van der Waals surface area contributed by atoms with E-state index in [2.05, 4.69) is 20.5 Å². The van der Waals surface area contributed by atoms with Gasteiger partial charge in [0.15, 0.2) is 0 Å². The van der Waals surface area contributed by atoms with E-state index in [-0.39, 0.29) is 51.1 Å². The number of aromatic nitrogens is 1. The van der Waals surface area contributed by atoms with E-state index in [4.69, 9.17) is 28.9 Å². The number of piperidine rings is 1. The zero-order chi connectivity index (χ0) is 26.8. The van der Waals surface area contributed by atoms with Crippen LogP contribution in [-0.2, 0) is 6.54 Å². The van der Waals surface area contributed by atoms with Gasteiger partial charge in [-0.25, -0.2) is 4.98 Å². The number of nitrogens with two attached hydrogens (primary N) is 1. The maximum absolute atomic E-state index is 13.0. The van der Waals surface area contributed by atoms with Crippen molar-refractivity contribution in [2.75, 3.05) is 4.90 Å². The van der Waals surface area contributed by atoms with Gasteiger partial charge in [-0.05, 0) is 55.5 Å². The van der Waals surface area contributed by atoms with E-state index in [1.165, 1.54) is 12.1 Å². The molecule has 4 N–H and O–H groups in total. The van der Waals surface area contributed by atoms with Gasteiger partial charge >= 0.3 is 0 Å². The third-order valence-corrected chi connectivity index (χ3v) is 7.83. The lowest BCUT2D eigenvalue weighted by atomic mass is 9.96. The van der Waals surface area contributed by atoms with E-state index >= 15 is 0 Å². The van der Waals surface area contributed by atoms with Crippen LogP contribution in [-0.4, -0.2) is 40.8 Å². The number of amides is 3. The molecular weight excluding hydrogens is 525 g/mol. The van der Waals surface area contributed by atoms with E-state index in [1.807, 2.05) is 36.4 Å². The van der Waals surface area contributed by atoms with Crippen LogP contribution in [0.2, 0.25) is 10.0 Å². The van der Waals surface area contributed by atoms with Gasteiger partial charge in [-0.15, -0.1) is 0 Å². The first kappa shape index (κ1) is 26.0. The Balaban J connectivity index is 1.20. The highest BCUT2D eigenvalue weighted by Crippen LogP contribution is 2.39. The van der Waals surface area contributed by atoms with Gasteiger partial charge in [0.1, 0.15) is 5.82 Å². The normalized spacial score (nSPS) is 20.2. The average Bonchev–Trinajstić information content (AvgIpc) is 3.18. The molecule has 0 radical (unpaired) electrons. The van der Waals surface area contributed by atoms with Gasteiger partial charge in [0.25, 0.3) is 11.8 Å². The van der Waals surface area contributed by atoms with E-state index in [0.717, 1.165) is 37.1 Å². The molecule has 2 aliphatic rings. The Labute approximate surface area is 230 Å². The molecule has 0 saturated carbocycles. The SMILES string of the molecule is NC(=O)c1cc(Cl)c(C(=O)N[C@H]2C[C@H]3CC[C@@H](C2)N3c2ccc(C(=O)NCc3ccccc3)cn2)cc1Cl. The highest BCUT2D eigenvalue weighted by Gasteiger charge is 2.42. The van der Waals surface area contributed by atoms with Crippen LogP contribution in [0.4, 0.5) is 5.82 Å². The first-order chi connectivity index (χ1) is 18.3. The number of nitrogens with one attached hydrogen (secondary N) is 2. The number of hydrogen-bond donors (Lipinski definition) is 3. The van der Waals surface area contributed by atoms with Gasteiger partial charge in [-0.2, -0.15) is 0 Å². The summed E-state index contributed by atoms with van der Waals surface area (Å²) in [5, 5.41) is 6.21. The van der Waals surface area contributed by atoms with Gasteiger partial charge in [0, 0.05) is 30.9 Å². The number of carbonyl (C=O) groups excluding carboxylic acids is 3. The molecule has 2 aromatic carbocycles. The molecule has 2 saturated heterocycles.